The number of hydrogen-bond acceptors (Lipinski definition) is 1. The largest absolute Gasteiger partial charge is 0.388 e. The molecule has 1 atom stereocenters. The Morgan fingerprint density at radius 1 is 1.22 bits per heavy atom. The van der Waals surface area contributed by atoms with E-state index in [1.165, 1.54) is 19.3 Å². The minimum atomic E-state index is -0.318. The van der Waals surface area contributed by atoms with Gasteiger partial charge in [0.1, 0.15) is 0 Å². The number of benzene rings is 1. The molecule has 0 saturated heterocycles. The van der Waals surface area contributed by atoms with Gasteiger partial charge in [-0.05, 0) is 30.4 Å². The lowest BCUT2D eigenvalue weighted by atomic mass is 9.67. The van der Waals surface area contributed by atoms with Crippen molar-refractivity contribution in [2.24, 2.45) is 5.41 Å². The first-order valence-corrected chi connectivity index (χ1v) is 7.12. The third-order valence-electron chi connectivity index (χ3n) is 4.62. The monoisotopic (exact) mass is 244 g/mol. The summed E-state index contributed by atoms with van der Waals surface area (Å²) in [5, 5.41) is 10.7. The maximum absolute atomic E-state index is 10.7. The molecule has 1 saturated carbocycles. The first-order valence-electron chi connectivity index (χ1n) is 7.12. The van der Waals surface area contributed by atoms with Crippen LogP contribution in [0.3, 0.4) is 0 Å². The van der Waals surface area contributed by atoms with Crippen molar-refractivity contribution in [3.05, 3.63) is 42.0 Å². The van der Waals surface area contributed by atoms with Gasteiger partial charge in [0.05, 0.1) is 6.10 Å². The fourth-order valence-electron chi connectivity index (χ4n) is 3.24. The second-order valence-corrected chi connectivity index (χ2v) is 5.55. The van der Waals surface area contributed by atoms with Gasteiger partial charge in [-0.2, -0.15) is 0 Å². The summed E-state index contributed by atoms with van der Waals surface area (Å²) >= 11 is 0. The third kappa shape index (κ3) is 2.51. The SMILES string of the molecule is C=Cc1ccc([C@H](O)C2(CC)CCCCC2)cc1. The molecule has 0 aliphatic heterocycles. The summed E-state index contributed by atoms with van der Waals surface area (Å²) in [6, 6.07) is 8.18. The molecule has 2 rings (SSSR count). The highest BCUT2D eigenvalue weighted by Crippen LogP contribution is 2.48. The Kier molecular flexibility index (Phi) is 4.23. The average molecular weight is 244 g/mol. The molecule has 0 radical (unpaired) electrons. The summed E-state index contributed by atoms with van der Waals surface area (Å²) in [7, 11) is 0. The number of hydrogen-bond donors (Lipinski definition) is 1. The first kappa shape index (κ1) is 13.4. The van der Waals surface area contributed by atoms with Gasteiger partial charge in [0, 0.05) is 5.41 Å². The molecule has 1 fully saturated rings. The molecule has 0 amide bonds. The molecule has 0 aromatic heterocycles. The van der Waals surface area contributed by atoms with E-state index < -0.39 is 0 Å². The third-order valence-corrected chi connectivity index (χ3v) is 4.62. The number of aliphatic hydroxyl groups excluding tert-OH is 1. The van der Waals surface area contributed by atoms with Crippen molar-refractivity contribution in [2.75, 3.05) is 0 Å². The minimum Gasteiger partial charge on any atom is -0.388 e. The predicted molar refractivity (Wildman–Crippen MR) is 77.3 cm³/mol. The molecule has 98 valence electrons. The van der Waals surface area contributed by atoms with E-state index in [4.69, 9.17) is 0 Å². The maximum Gasteiger partial charge on any atom is 0.0846 e. The van der Waals surface area contributed by atoms with Crippen LogP contribution in [-0.2, 0) is 0 Å². The van der Waals surface area contributed by atoms with Gasteiger partial charge in [0.25, 0.3) is 0 Å². The highest BCUT2D eigenvalue weighted by atomic mass is 16.3. The number of aliphatic hydroxyl groups is 1. The predicted octanol–water partition coefficient (Wildman–Crippen LogP) is 4.72. The van der Waals surface area contributed by atoms with Crippen molar-refractivity contribution in [3.8, 4) is 0 Å². The van der Waals surface area contributed by atoms with Gasteiger partial charge in [0.2, 0.25) is 0 Å². The average Bonchev–Trinajstić information content (AvgIpc) is 2.47. The normalized spacial score (nSPS) is 20.3. The van der Waals surface area contributed by atoms with Crippen molar-refractivity contribution in [1.82, 2.24) is 0 Å². The Hall–Kier alpha value is -1.08. The van der Waals surface area contributed by atoms with Crippen molar-refractivity contribution in [2.45, 2.75) is 51.6 Å². The lowest BCUT2D eigenvalue weighted by Gasteiger charge is -2.40. The Labute approximate surface area is 111 Å². The molecule has 1 N–H and O–H groups in total. The van der Waals surface area contributed by atoms with E-state index >= 15 is 0 Å². The van der Waals surface area contributed by atoms with Gasteiger partial charge in [-0.3, -0.25) is 0 Å². The summed E-state index contributed by atoms with van der Waals surface area (Å²) < 4.78 is 0. The minimum absolute atomic E-state index is 0.105. The van der Waals surface area contributed by atoms with Crippen LogP contribution >= 0.6 is 0 Å². The summed E-state index contributed by atoms with van der Waals surface area (Å²) in [5.41, 5.74) is 2.28. The van der Waals surface area contributed by atoms with E-state index in [1.807, 2.05) is 30.3 Å². The van der Waals surface area contributed by atoms with Gasteiger partial charge in [-0.1, -0.05) is 63.1 Å². The van der Waals surface area contributed by atoms with Crippen LogP contribution in [0.25, 0.3) is 6.08 Å². The molecule has 0 bridgehead atoms. The quantitative estimate of drug-likeness (QED) is 0.812. The summed E-state index contributed by atoms with van der Waals surface area (Å²) in [4.78, 5) is 0. The molecular weight excluding hydrogens is 220 g/mol. The molecular formula is C17H24O. The smallest absolute Gasteiger partial charge is 0.0846 e. The Morgan fingerprint density at radius 2 is 1.83 bits per heavy atom. The summed E-state index contributed by atoms with van der Waals surface area (Å²) in [6.07, 6.45) is 8.75. The fraction of sp³-hybridized carbons (Fsp3) is 0.529. The second kappa shape index (κ2) is 5.71. The molecule has 0 spiro atoms. The van der Waals surface area contributed by atoms with Crippen LogP contribution in [0.1, 0.15) is 62.7 Å². The number of rotatable bonds is 4. The molecule has 0 heterocycles. The van der Waals surface area contributed by atoms with E-state index in [2.05, 4.69) is 13.5 Å². The van der Waals surface area contributed by atoms with E-state index in [-0.39, 0.29) is 11.5 Å². The zero-order valence-corrected chi connectivity index (χ0v) is 11.4. The first-order chi connectivity index (χ1) is 8.72. The lowest BCUT2D eigenvalue weighted by molar-refractivity contribution is -0.00910. The highest BCUT2D eigenvalue weighted by Gasteiger charge is 2.37. The van der Waals surface area contributed by atoms with Crippen molar-refractivity contribution in [3.63, 3.8) is 0 Å². The highest BCUT2D eigenvalue weighted by molar-refractivity contribution is 5.47. The second-order valence-electron chi connectivity index (χ2n) is 5.55. The van der Waals surface area contributed by atoms with Crippen molar-refractivity contribution < 1.29 is 5.11 Å². The van der Waals surface area contributed by atoms with Crippen LogP contribution in [0.2, 0.25) is 0 Å². The van der Waals surface area contributed by atoms with E-state index in [0.29, 0.717) is 0 Å². The maximum atomic E-state index is 10.7. The molecule has 1 aliphatic carbocycles. The molecule has 1 nitrogen and oxygen atoms in total. The van der Waals surface area contributed by atoms with Crippen molar-refractivity contribution >= 4 is 6.08 Å². The standard InChI is InChI=1S/C17H24O/c1-3-14-8-10-15(11-9-14)16(18)17(4-2)12-6-5-7-13-17/h3,8-11,16,18H,1,4-7,12-13H2,2H3/t16-/m0/s1. The lowest BCUT2D eigenvalue weighted by Crippen LogP contribution is -2.30. The van der Waals surface area contributed by atoms with Gasteiger partial charge >= 0.3 is 0 Å². The van der Waals surface area contributed by atoms with E-state index in [0.717, 1.165) is 30.4 Å². The summed E-state index contributed by atoms with van der Waals surface area (Å²) in [5.74, 6) is 0. The topological polar surface area (TPSA) is 20.2 Å². The van der Waals surface area contributed by atoms with Crippen LogP contribution in [0.5, 0.6) is 0 Å². The van der Waals surface area contributed by atoms with E-state index in [9.17, 15) is 5.11 Å². The fourth-order valence-corrected chi connectivity index (χ4v) is 3.24. The van der Waals surface area contributed by atoms with E-state index in [1.54, 1.807) is 0 Å². The Balaban J connectivity index is 2.21. The molecule has 1 aliphatic rings. The van der Waals surface area contributed by atoms with Crippen molar-refractivity contribution in [1.29, 1.82) is 0 Å². The zero-order chi connectivity index (χ0) is 13.0. The van der Waals surface area contributed by atoms with Crippen LogP contribution in [-0.4, -0.2) is 5.11 Å². The van der Waals surface area contributed by atoms with Gasteiger partial charge in [-0.15, -0.1) is 0 Å². The van der Waals surface area contributed by atoms with Gasteiger partial charge in [0.15, 0.2) is 0 Å². The molecule has 18 heavy (non-hydrogen) atoms. The molecule has 1 aromatic carbocycles. The molecule has 0 unspecified atom stereocenters. The Morgan fingerprint density at radius 3 is 2.33 bits per heavy atom. The zero-order valence-electron chi connectivity index (χ0n) is 11.4. The van der Waals surface area contributed by atoms with Gasteiger partial charge < -0.3 is 5.11 Å². The molecule has 1 heteroatoms. The summed E-state index contributed by atoms with van der Waals surface area (Å²) in [6.45, 7) is 5.98. The van der Waals surface area contributed by atoms with Crippen LogP contribution in [0.15, 0.2) is 30.8 Å². The van der Waals surface area contributed by atoms with Crippen LogP contribution in [0, 0.1) is 5.41 Å². The van der Waals surface area contributed by atoms with Crippen LogP contribution in [0.4, 0.5) is 0 Å². The molecule has 1 aromatic rings. The van der Waals surface area contributed by atoms with Crippen LogP contribution < -0.4 is 0 Å². The Bertz CT molecular complexity index is 385. The van der Waals surface area contributed by atoms with Gasteiger partial charge in [-0.25, -0.2) is 0 Å².